The van der Waals surface area contributed by atoms with Crippen LogP contribution in [0.3, 0.4) is 0 Å². The molecular weight excluding hydrogens is 228 g/mol. The molecule has 2 N–H and O–H groups in total. The van der Waals surface area contributed by atoms with E-state index in [0.29, 0.717) is 0 Å². The van der Waals surface area contributed by atoms with Gasteiger partial charge < -0.3 is 10.6 Å². The smallest absolute Gasteiger partial charge is 0.235 e. The first kappa shape index (κ1) is 13.4. The number of nitrogens with one attached hydrogen (secondary N) is 2. The third-order valence-corrected chi connectivity index (χ3v) is 4.41. The molecule has 0 radical (unpaired) electrons. The standard InChI is InChI=1S/C10H20N2O3S/c1-3-8(2)12-10(13)7-16(14,15)6-9-4-11-5-9/h8-9,11H,3-7H2,1-2H3,(H,12,13). The van der Waals surface area contributed by atoms with Gasteiger partial charge in [0, 0.05) is 19.1 Å². The lowest BCUT2D eigenvalue weighted by Gasteiger charge is -2.26. The normalized spacial score (nSPS) is 18.9. The molecule has 1 aliphatic rings. The first-order valence-corrected chi connectivity index (χ1v) is 7.45. The molecule has 1 fully saturated rings. The fraction of sp³-hybridized carbons (Fsp3) is 0.900. The molecule has 1 aliphatic heterocycles. The summed E-state index contributed by atoms with van der Waals surface area (Å²) in [6.07, 6.45) is 0.804. The highest BCUT2D eigenvalue weighted by atomic mass is 32.2. The summed E-state index contributed by atoms with van der Waals surface area (Å²) in [4.78, 5) is 11.4. The quantitative estimate of drug-likeness (QED) is 0.667. The SMILES string of the molecule is CCC(C)NC(=O)CS(=O)(=O)CC1CNC1. The molecule has 5 nitrogen and oxygen atoms in total. The van der Waals surface area contributed by atoms with Crippen LogP contribution in [0.5, 0.6) is 0 Å². The zero-order chi connectivity index (χ0) is 12.2. The van der Waals surface area contributed by atoms with Crippen LogP contribution in [0.25, 0.3) is 0 Å². The molecule has 0 aromatic heterocycles. The topological polar surface area (TPSA) is 75.3 Å². The van der Waals surface area contributed by atoms with E-state index in [0.717, 1.165) is 19.5 Å². The Labute approximate surface area is 96.9 Å². The van der Waals surface area contributed by atoms with Crippen LogP contribution < -0.4 is 10.6 Å². The van der Waals surface area contributed by atoms with Crippen LogP contribution in [0.4, 0.5) is 0 Å². The molecule has 94 valence electrons. The minimum Gasteiger partial charge on any atom is -0.353 e. The van der Waals surface area contributed by atoms with Gasteiger partial charge >= 0.3 is 0 Å². The Balaban J connectivity index is 2.36. The average Bonchev–Trinajstić information content (AvgIpc) is 2.10. The Morgan fingerprint density at radius 1 is 1.50 bits per heavy atom. The average molecular weight is 248 g/mol. The number of sulfone groups is 1. The largest absolute Gasteiger partial charge is 0.353 e. The highest BCUT2D eigenvalue weighted by molar-refractivity contribution is 7.92. The van der Waals surface area contributed by atoms with Gasteiger partial charge in [0.15, 0.2) is 9.84 Å². The lowest BCUT2D eigenvalue weighted by molar-refractivity contribution is -0.119. The van der Waals surface area contributed by atoms with Crippen LogP contribution >= 0.6 is 0 Å². The number of amides is 1. The molecule has 0 saturated carbocycles. The summed E-state index contributed by atoms with van der Waals surface area (Å²) in [5, 5.41) is 5.67. The Bertz CT molecular complexity index is 336. The highest BCUT2D eigenvalue weighted by Gasteiger charge is 2.26. The van der Waals surface area contributed by atoms with Crippen molar-refractivity contribution >= 4 is 15.7 Å². The van der Waals surface area contributed by atoms with E-state index in [-0.39, 0.29) is 29.4 Å². The molecule has 0 aromatic carbocycles. The van der Waals surface area contributed by atoms with Gasteiger partial charge in [0.25, 0.3) is 0 Å². The van der Waals surface area contributed by atoms with E-state index in [9.17, 15) is 13.2 Å². The summed E-state index contributed by atoms with van der Waals surface area (Å²) in [5.41, 5.74) is 0. The Kier molecular flexibility index (Phi) is 4.73. The lowest BCUT2D eigenvalue weighted by Crippen LogP contribution is -2.47. The van der Waals surface area contributed by atoms with Crippen LogP contribution in [0.2, 0.25) is 0 Å². The van der Waals surface area contributed by atoms with E-state index in [1.54, 1.807) is 0 Å². The number of hydrogen-bond acceptors (Lipinski definition) is 4. The van der Waals surface area contributed by atoms with Gasteiger partial charge in [0.05, 0.1) is 5.75 Å². The Hall–Kier alpha value is -0.620. The second-order valence-electron chi connectivity index (χ2n) is 4.46. The van der Waals surface area contributed by atoms with Crippen molar-refractivity contribution in [2.24, 2.45) is 5.92 Å². The van der Waals surface area contributed by atoms with Gasteiger partial charge in [-0.15, -0.1) is 0 Å². The molecule has 6 heteroatoms. The molecule has 0 aliphatic carbocycles. The van der Waals surface area contributed by atoms with Gasteiger partial charge in [-0.2, -0.15) is 0 Å². The van der Waals surface area contributed by atoms with E-state index >= 15 is 0 Å². The van der Waals surface area contributed by atoms with Crippen LogP contribution in [0.15, 0.2) is 0 Å². The van der Waals surface area contributed by atoms with Gasteiger partial charge in [0.2, 0.25) is 5.91 Å². The predicted molar refractivity (Wildman–Crippen MR) is 62.9 cm³/mol. The summed E-state index contributed by atoms with van der Waals surface area (Å²) in [5.74, 6) is -0.468. The van der Waals surface area contributed by atoms with Crippen molar-refractivity contribution in [1.82, 2.24) is 10.6 Å². The summed E-state index contributed by atoms with van der Waals surface area (Å²) in [6.45, 7) is 5.29. The maximum atomic E-state index is 11.6. The van der Waals surface area contributed by atoms with Gasteiger partial charge in [-0.05, 0) is 19.3 Å². The summed E-state index contributed by atoms with van der Waals surface area (Å²) in [6, 6.07) is 0.0352. The summed E-state index contributed by atoms with van der Waals surface area (Å²) >= 11 is 0. The molecule has 1 saturated heterocycles. The van der Waals surface area contributed by atoms with Crippen molar-refractivity contribution in [3.8, 4) is 0 Å². The molecule has 0 bridgehead atoms. The molecule has 0 aromatic rings. The molecule has 1 rings (SSSR count). The molecule has 0 spiro atoms. The molecule has 1 atom stereocenters. The number of hydrogen-bond donors (Lipinski definition) is 2. The Morgan fingerprint density at radius 3 is 2.56 bits per heavy atom. The van der Waals surface area contributed by atoms with Crippen molar-refractivity contribution < 1.29 is 13.2 Å². The second kappa shape index (κ2) is 5.63. The van der Waals surface area contributed by atoms with Crippen molar-refractivity contribution in [2.45, 2.75) is 26.3 Å². The predicted octanol–water partition coefficient (Wildman–Crippen LogP) is -0.465. The zero-order valence-corrected chi connectivity index (χ0v) is 10.6. The minimum absolute atomic E-state index is 0.0352. The van der Waals surface area contributed by atoms with E-state index in [4.69, 9.17) is 0 Å². The first-order chi connectivity index (χ1) is 7.43. The van der Waals surface area contributed by atoms with Crippen LogP contribution in [0.1, 0.15) is 20.3 Å². The minimum atomic E-state index is -3.25. The van der Waals surface area contributed by atoms with Crippen molar-refractivity contribution in [1.29, 1.82) is 0 Å². The van der Waals surface area contributed by atoms with Gasteiger partial charge in [-0.3, -0.25) is 4.79 Å². The molecule has 1 heterocycles. The number of rotatable bonds is 6. The second-order valence-corrected chi connectivity index (χ2v) is 6.56. The van der Waals surface area contributed by atoms with Crippen molar-refractivity contribution in [2.75, 3.05) is 24.6 Å². The first-order valence-electron chi connectivity index (χ1n) is 5.63. The maximum Gasteiger partial charge on any atom is 0.235 e. The zero-order valence-electron chi connectivity index (χ0n) is 9.82. The van der Waals surface area contributed by atoms with Crippen molar-refractivity contribution in [3.63, 3.8) is 0 Å². The number of carbonyl (C=O) groups is 1. The van der Waals surface area contributed by atoms with Gasteiger partial charge in [-0.1, -0.05) is 6.92 Å². The van der Waals surface area contributed by atoms with Crippen molar-refractivity contribution in [3.05, 3.63) is 0 Å². The molecule has 16 heavy (non-hydrogen) atoms. The van der Waals surface area contributed by atoms with E-state index in [1.165, 1.54) is 0 Å². The molecule has 1 unspecified atom stereocenters. The third-order valence-electron chi connectivity index (χ3n) is 2.73. The summed E-state index contributed by atoms with van der Waals surface area (Å²) < 4.78 is 23.3. The lowest BCUT2D eigenvalue weighted by atomic mass is 10.1. The van der Waals surface area contributed by atoms with E-state index < -0.39 is 9.84 Å². The fourth-order valence-electron chi connectivity index (χ4n) is 1.50. The van der Waals surface area contributed by atoms with E-state index in [2.05, 4.69) is 10.6 Å². The third kappa shape index (κ3) is 4.49. The molecular formula is C10H20N2O3S. The highest BCUT2D eigenvalue weighted by Crippen LogP contribution is 2.07. The van der Waals surface area contributed by atoms with Crippen LogP contribution in [0, 0.1) is 5.92 Å². The fourth-order valence-corrected chi connectivity index (χ4v) is 3.06. The maximum absolute atomic E-state index is 11.6. The van der Waals surface area contributed by atoms with Crippen LogP contribution in [-0.2, 0) is 14.6 Å². The van der Waals surface area contributed by atoms with E-state index in [1.807, 2.05) is 13.8 Å². The number of carbonyl (C=O) groups excluding carboxylic acids is 1. The van der Waals surface area contributed by atoms with Crippen LogP contribution in [-0.4, -0.2) is 45.0 Å². The Morgan fingerprint density at radius 2 is 2.12 bits per heavy atom. The molecule has 1 amide bonds. The monoisotopic (exact) mass is 248 g/mol. The van der Waals surface area contributed by atoms with Gasteiger partial charge in [-0.25, -0.2) is 8.42 Å². The summed E-state index contributed by atoms with van der Waals surface area (Å²) in [7, 11) is -3.25. The van der Waals surface area contributed by atoms with Gasteiger partial charge in [0.1, 0.15) is 5.75 Å².